The Labute approximate surface area is 103 Å². The van der Waals surface area contributed by atoms with Crippen molar-refractivity contribution in [2.24, 2.45) is 0 Å². The molecule has 5 nitrogen and oxygen atoms in total. The van der Waals surface area contributed by atoms with Gasteiger partial charge in [-0.2, -0.15) is 0 Å². The molecule has 0 aliphatic rings. The first kappa shape index (κ1) is 11.9. The highest BCUT2D eigenvalue weighted by Crippen LogP contribution is 2.21. The number of aliphatic hydroxyl groups excluding tert-OH is 1. The third-order valence-corrected chi connectivity index (χ3v) is 2.98. The van der Waals surface area contributed by atoms with E-state index in [0.29, 0.717) is 16.7 Å². The van der Waals surface area contributed by atoms with E-state index in [1.165, 1.54) is 11.8 Å². The second-order valence-corrected chi connectivity index (χ2v) is 4.33. The lowest BCUT2D eigenvalue weighted by molar-refractivity contribution is 0.322. The van der Waals surface area contributed by atoms with E-state index in [1.54, 1.807) is 7.11 Å². The molecule has 0 aliphatic heterocycles. The average Bonchev–Trinajstić information content (AvgIpc) is 2.85. The molecule has 0 fully saturated rings. The van der Waals surface area contributed by atoms with E-state index in [0.717, 1.165) is 11.3 Å². The molecule has 2 rings (SSSR count). The molecule has 1 heterocycles. The van der Waals surface area contributed by atoms with Gasteiger partial charge in [0.2, 0.25) is 5.16 Å². The lowest BCUT2D eigenvalue weighted by atomic mass is 10.2. The minimum atomic E-state index is 0.122. The van der Waals surface area contributed by atoms with Crippen molar-refractivity contribution in [2.75, 3.05) is 19.5 Å². The minimum absolute atomic E-state index is 0.122. The monoisotopic (exact) mass is 251 g/mol. The Hall–Kier alpha value is -1.53. The molecule has 0 aliphatic carbocycles. The molecule has 0 saturated carbocycles. The van der Waals surface area contributed by atoms with Gasteiger partial charge in [-0.15, -0.1) is 5.10 Å². The summed E-state index contributed by atoms with van der Waals surface area (Å²) in [6.07, 6.45) is 0. The summed E-state index contributed by atoms with van der Waals surface area (Å²) >= 11 is 1.42. The molecule has 0 unspecified atom stereocenters. The summed E-state index contributed by atoms with van der Waals surface area (Å²) in [6.45, 7) is 0.122. The fourth-order valence-electron chi connectivity index (χ4n) is 1.33. The van der Waals surface area contributed by atoms with E-state index in [9.17, 15) is 0 Å². The first-order valence-corrected chi connectivity index (χ1v) is 6.12. The Morgan fingerprint density at radius 2 is 2.12 bits per heavy atom. The molecule has 0 saturated heterocycles. The van der Waals surface area contributed by atoms with Crippen LogP contribution in [-0.4, -0.2) is 39.8 Å². The topological polar surface area (TPSA) is 71.0 Å². The zero-order chi connectivity index (χ0) is 12.1. The first-order valence-electron chi connectivity index (χ1n) is 5.14. The van der Waals surface area contributed by atoms with Crippen LogP contribution in [0.5, 0.6) is 5.75 Å². The largest absolute Gasteiger partial charge is 0.497 e. The molecule has 2 N–H and O–H groups in total. The number of H-pyrrole nitrogens is 1. The molecule has 17 heavy (non-hydrogen) atoms. The van der Waals surface area contributed by atoms with Gasteiger partial charge in [-0.1, -0.05) is 11.8 Å². The summed E-state index contributed by atoms with van der Waals surface area (Å²) in [5.74, 6) is 2.12. The molecule has 0 atom stereocenters. The van der Waals surface area contributed by atoms with Crippen LogP contribution >= 0.6 is 11.8 Å². The van der Waals surface area contributed by atoms with Crippen molar-refractivity contribution < 1.29 is 9.84 Å². The molecular weight excluding hydrogens is 238 g/mol. The van der Waals surface area contributed by atoms with Crippen LogP contribution in [0.15, 0.2) is 29.4 Å². The van der Waals surface area contributed by atoms with Crippen LogP contribution in [-0.2, 0) is 0 Å². The van der Waals surface area contributed by atoms with E-state index >= 15 is 0 Å². The van der Waals surface area contributed by atoms with Crippen LogP contribution < -0.4 is 4.74 Å². The fourth-order valence-corrected chi connectivity index (χ4v) is 1.87. The number of ether oxygens (including phenoxy) is 1. The number of nitrogens with one attached hydrogen (secondary N) is 1. The van der Waals surface area contributed by atoms with Gasteiger partial charge in [0.15, 0.2) is 5.82 Å². The maximum atomic E-state index is 8.71. The van der Waals surface area contributed by atoms with E-state index in [1.807, 2.05) is 24.3 Å². The number of aliphatic hydroxyl groups is 1. The van der Waals surface area contributed by atoms with Crippen molar-refractivity contribution in [3.05, 3.63) is 24.3 Å². The number of aromatic nitrogens is 3. The summed E-state index contributed by atoms with van der Waals surface area (Å²) in [5, 5.41) is 16.3. The van der Waals surface area contributed by atoms with Crippen LogP contribution in [0.3, 0.4) is 0 Å². The average molecular weight is 251 g/mol. The van der Waals surface area contributed by atoms with Crippen molar-refractivity contribution in [2.45, 2.75) is 5.16 Å². The fraction of sp³-hybridized carbons (Fsp3) is 0.273. The number of nitrogens with zero attached hydrogens (tertiary/aromatic N) is 2. The van der Waals surface area contributed by atoms with Gasteiger partial charge in [-0.3, -0.25) is 5.10 Å². The first-order chi connectivity index (χ1) is 8.33. The molecule has 0 amide bonds. The lowest BCUT2D eigenvalue weighted by Gasteiger charge is -1.99. The third-order valence-electron chi connectivity index (χ3n) is 2.15. The van der Waals surface area contributed by atoms with E-state index < -0.39 is 0 Å². The molecule has 90 valence electrons. The van der Waals surface area contributed by atoms with Gasteiger partial charge in [0.1, 0.15) is 5.75 Å². The van der Waals surface area contributed by atoms with Crippen LogP contribution in [0.2, 0.25) is 0 Å². The number of rotatable bonds is 5. The molecular formula is C11H13N3O2S. The predicted octanol–water partition coefficient (Wildman–Crippen LogP) is 1.56. The maximum Gasteiger partial charge on any atom is 0.208 e. The number of hydrogen-bond donors (Lipinski definition) is 2. The predicted molar refractivity (Wildman–Crippen MR) is 66.2 cm³/mol. The molecule has 0 bridgehead atoms. The van der Waals surface area contributed by atoms with Gasteiger partial charge >= 0.3 is 0 Å². The smallest absolute Gasteiger partial charge is 0.208 e. The Balaban J connectivity index is 2.12. The van der Waals surface area contributed by atoms with Crippen LogP contribution in [0.25, 0.3) is 11.4 Å². The Morgan fingerprint density at radius 1 is 1.35 bits per heavy atom. The number of benzene rings is 1. The third kappa shape index (κ3) is 2.98. The summed E-state index contributed by atoms with van der Waals surface area (Å²) < 4.78 is 5.09. The second-order valence-electron chi connectivity index (χ2n) is 3.27. The van der Waals surface area contributed by atoms with Gasteiger partial charge in [0.25, 0.3) is 0 Å². The molecule has 2 aromatic rings. The van der Waals surface area contributed by atoms with Gasteiger partial charge in [-0.25, -0.2) is 4.98 Å². The number of aromatic amines is 1. The Bertz CT molecular complexity index is 470. The summed E-state index contributed by atoms with van der Waals surface area (Å²) in [6, 6.07) is 7.58. The summed E-state index contributed by atoms with van der Waals surface area (Å²) in [4.78, 5) is 4.32. The van der Waals surface area contributed by atoms with Crippen molar-refractivity contribution in [3.63, 3.8) is 0 Å². The molecule has 0 spiro atoms. The lowest BCUT2D eigenvalue weighted by Crippen LogP contribution is -1.86. The van der Waals surface area contributed by atoms with Crippen molar-refractivity contribution >= 4 is 11.8 Å². The maximum absolute atomic E-state index is 8.71. The van der Waals surface area contributed by atoms with E-state index in [4.69, 9.17) is 9.84 Å². The summed E-state index contributed by atoms with van der Waals surface area (Å²) in [5.41, 5.74) is 0.953. The van der Waals surface area contributed by atoms with Gasteiger partial charge < -0.3 is 9.84 Å². The molecule has 1 aromatic heterocycles. The zero-order valence-electron chi connectivity index (χ0n) is 9.38. The van der Waals surface area contributed by atoms with Crippen molar-refractivity contribution in [1.82, 2.24) is 15.2 Å². The zero-order valence-corrected chi connectivity index (χ0v) is 10.2. The highest BCUT2D eigenvalue weighted by atomic mass is 32.2. The second kappa shape index (κ2) is 5.70. The van der Waals surface area contributed by atoms with Crippen molar-refractivity contribution in [3.8, 4) is 17.1 Å². The molecule has 1 aromatic carbocycles. The normalized spacial score (nSPS) is 10.5. The van der Waals surface area contributed by atoms with Crippen molar-refractivity contribution in [1.29, 1.82) is 0 Å². The SMILES string of the molecule is COc1ccc(-c2nc(SCCO)n[nH]2)cc1. The standard InChI is InChI=1S/C11H13N3O2S/c1-16-9-4-2-8(3-5-9)10-12-11(14-13-10)17-7-6-15/h2-5,15H,6-7H2,1H3,(H,12,13,14). The Morgan fingerprint density at radius 3 is 2.76 bits per heavy atom. The molecule has 6 heteroatoms. The quantitative estimate of drug-likeness (QED) is 0.789. The number of thioether (sulfide) groups is 1. The van der Waals surface area contributed by atoms with Gasteiger partial charge in [-0.05, 0) is 24.3 Å². The van der Waals surface area contributed by atoms with Gasteiger partial charge in [0.05, 0.1) is 13.7 Å². The van der Waals surface area contributed by atoms with Crippen LogP contribution in [0.4, 0.5) is 0 Å². The highest BCUT2D eigenvalue weighted by Gasteiger charge is 2.05. The van der Waals surface area contributed by atoms with Crippen LogP contribution in [0, 0.1) is 0 Å². The Kier molecular flexibility index (Phi) is 4.00. The number of methoxy groups -OCH3 is 1. The highest BCUT2D eigenvalue weighted by molar-refractivity contribution is 7.99. The van der Waals surface area contributed by atoms with Gasteiger partial charge in [0, 0.05) is 11.3 Å². The number of hydrogen-bond acceptors (Lipinski definition) is 5. The van der Waals surface area contributed by atoms with E-state index in [2.05, 4.69) is 15.2 Å². The van der Waals surface area contributed by atoms with Crippen LogP contribution in [0.1, 0.15) is 0 Å². The minimum Gasteiger partial charge on any atom is -0.497 e. The van der Waals surface area contributed by atoms with E-state index in [-0.39, 0.29) is 6.61 Å². The summed E-state index contributed by atoms with van der Waals surface area (Å²) in [7, 11) is 1.63. The molecule has 0 radical (unpaired) electrons.